The first kappa shape index (κ1) is 16.7. The highest BCUT2D eigenvalue weighted by Gasteiger charge is 2.18. The second kappa shape index (κ2) is 9.40. The Kier molecular flexibility index (Phi) is 7.15. The van der Waals surface area contributed by atoms with Crippen molar-refractivity contribution in [3.05, 3.63) is 35.9 Å². The predicted molar refractivity (Wildman–Crippen MR) is 82.1 cm³/mol. The van der Waals surface area contributed by atoms with Gasteiger partial charge in [0.15, 0.2) is 6.29 Å². The molecule has 122 valence electrons. The fourth-order valence-electron chi connectivity index (χ4n) is 2.17. The number of alkyl carbamates (subject to hydrolysis) is 1. The first-order chi connectivity index (χ1) is 10.8. The summed E-state index contributed by atoms with van der Waals surface area (Å²) in [4.78, 5) is 11.8. The van der Waals surface area contributed by atoms with E-state index in [9.17, 15) is 4.79 Å². The number of hydrogen-bond acceptors (Lipinski definition) is 5. The van der Waals surface area contributed by atoms with Crippen molar-refractivity contribution in [2.24, 2.45) is 5.73 Å². The van der Waals surface area contributed by atoms with Crippen LogP contribution in [0.4, 0.5) is 4.79 Å². The van der Waals surface area contributed by atoms with E-state index in [1.807, 2.05) is 30.3 Å². The molecule has 2 rings (SSSR count). The Morgan fingerprint density at radius 3 is 2.86 bits per heavy atom. The summed E-state index contributed by atoms with van der Waals surface area (Å²) in [6, 6.07) is 9.23. The standard InChI is InChI=1S/C16H24N2O4/c17-10-14(12-21-15-8-4-5-9-20-15)18-16(19)22-11-13-6-2-1-3-7-13/h1-3,6-7,14-15H,4-5,8-12,17H2,(H,18,19)/t14-,15?/m1/s1. The van der Waals surface area contributed by atoms with E-state index in [1.54, 1.807) is 0 Å². The van der Waals surface area contributed by atoms with Gasteiger partial charge in [-0.15, -0.1) is 0 Å². The number of ether oxygens (including phenoxy) is 3. The topological polar surface area (TPSA) is 82.8 Å². The molecule has 0 aromatic heterocycles. The van der Waals surface area contributed by atoms with E-state index in [-0.39, 0.29) is 25.5 Å². The molecular weight excluding hydrogens is 284 g/mol. The summed E-state index contributed by atoms with van der Waals surface area (Å²) in [5.41, 5.74) is 6.59. The number of nitrogens with one attached hydrogen (secondary N) is 1. The van der Waals surface area contributed by atoms with Gasteiger partial charge in [0.05, 0.1) is 12.6 Å². The van der Waals surface area contributed by atoms with Gasteiger partial charge in [-0.3, -0.25) is 0 Å². The lowest BCUT2D eigenvalue weighted by atomic mass is 10.2. The summed E-state index contributed by atoms with van der Waals surface area (Å²) >= 11 is 0. The Labute approximate surface area is 130 Å². The SMILES string of the molecule is NC[C@H](COC1CCCCO1)NC(=O)OCc1ccccc1. The molecule has 0 saturated carbocycles. The first-order valence-electron chi connectivity index (χ1n) is 7.68. The van der Waals surface area contributed by atoms with Gasteiger partial charge in [-0.25, -0.2) is 4.79 Å². The van der Waals surface area contributed by atoms with Crippen LogP contribution in [0, 0.1) is 0 Å². The maximum absolute atomic E-state index is 11.8. The molecule has 0 aliphatic carbocycles. The van der Waals surface area contributed by atoms with E-state index in [0.717, 1.165) is 31.4 Å². The highest BCUT2D eigenvalue weighted by Crippen LogP contribution is 2.13. The van der Waals surface area contributed by atoms with Gasteiger partial charge in [-0.1, -0.05) is 30.3 Å². The lowest BCUT2D eigenvalue weighted by Gasteiger charge is -2.25. The number of carbonyl (C=O) groups excluding carboxylic acids is 1. The van der Waals surface area contributed by atoms with Crippen LogP contribution in [0.15, 0.2) is 30.3 Å². The molecule has 1 amide bonds. The Morgan fingerprint density at radius 1 is 1.36 bits per heavy atom. The van der Waals surface area contributed by atoms with Crippen molar-refractivity contribution in [2.75, 3.05) is 19.8 Å². The normalized spacial score (nSPS) is 19.4. The average molecular weight is 308 g/mol. The Hall–Kier alpha value is -1.63. The molecule has 1 heterocycles. The zero-order valence-electron chi connectivity index (χ0n) is 12.7. The smallest absolute Gasteiger partial charge is 0.407 e. The van der Waals surface area contributed by atoms with Crippen LogP contribution in [0.3, 0.4) is 0 Å². The first-order valence-corrected chi connectivity index (χ1v) is 7.68. The third kappa shape index (κ3) is 6.01. The summed E-state index contributed by atoms with van der Waals surface area (Å²) in [7, 11) is 0. The van der Waals surface area contributed by atoms with Crippen LogP contribution in [0.2, 0.25) is 0 Å². The maximum atomic E-state index is 11.8. The monoisotopic (exact) mass is 308 g/mol. The summed E-state index contributed by atoms with van der Waals surface area (Å²) in [5, 5.41) is 2.71. The van der Waals surface area contributed by atoms with E-state index in [1.165, 1.54) is 0 Å². The van der Waals surface area contributed by atoms with Crippen molar-refractivity contribution in [3.8, 4) is 0 Å². The maximum Gasteiger partial charge on any atom is 0.407 e. The molecule has 1 aromatic carbocycles. The number of benzene rings is 1. The fraction of sp³-hybridized carbons (Fsp3) is 0.562. The van der Waals surface area contributed by atoms with Crippen LogP contribution in [0.25, 0.3) is 0 Å². The predicted octanol–water partition coefficient (Wildman–Crippen LogP) is 1.78. The lowest BCUT2D eigenvalue weighted by Crippen LogP contribution is -2.44. The highest BCUT2D eigenvalue weighted by molar-refractivity contribution is 5.67. The average Bonchev–Trinajstić information content (AvgIpc) is 2.58. The van der Waals surface area contributed by atoms with Gasteiger partial charge in [0.1, 0.15) is 6.61 Å². The third-order valence-electron chi connectivity index (χ3n) is 3.44. The summed E-state index contributed by atoms with van der Waals surface area (Å²) in [6.07, 6.45) is 2.38. The van der Waals surface area contributed by atoms with Crippen molar-refractivity contribution in [2.45, 2.75) is 38.2 Å². The minimum absolute atomic E-state index is 0.190. The molecule has 1 aliphatic rings. The van der Waals surface area contributed by atoms with Gasteiger partial charge < -0.3 is 25.3 Å². The largest absolute Gasteiger partial charge is 0.445 e. The summed E-state index contributed by atoms with van der Waals surface area (Å²) in [6.45, 7) is 1.57. The Balaban J connectivity index is 1.66. The molecule has 0 bridgehead atoms. The minimum Gasteiger partial charge on any atom is -0.445 e. The van der Waals surface area contributed by atoms with Crippen molar-refractivity contribution < 1.29 is 19.0 Å². The van der Waals surface area contributed by atoms with E-state index in [0.29, 0.717) is 6.61 Å². The number of hydrogen-bond donors (Lipinski definition) is 2. The lowest BCUT2D eigenvalue weighted by molar-refractivity contribution is -0.165. The van der Waals surface area contributed by atoms with Crippen LogP contribution >= 0.6 is 0 Å². The quantitative estimate of drug-likeness (QED) is 0.802. The number of rotatable bonds is 7. The van der Waals surface area contributed by atoms with Crippen molar-refractivity contribution in [3.63, 3.8) is 0 Å². The fourth-order valence-corrected chi connectivity index (χ4v) is 2.17. The van der Waals surface area contributed by atoms with E-state index >= 15 is 0 Å². The van der Waals surface area contributed by atoms with E-state index in [4.69, 9.17) is 19.9 Å². The summed E-state index contributed by atoms with van der Waals surface area (Å²) in [5.74, 6) is 0. The number of nitrogens with two attached hydrogens (primary N) is 1. The van der Waals surface area contributed by atoms with Crippen molar-refractivity contribution in [1.82, 2.24) is 5.32 Å². The molecule has 22 heavy (non-hydrogen) atoms. The van der Waals surface area contributed by atoms with Crippen molar-refractivity contribution >= 4 is 6.09 Å². The Bertz CT molecular complexity index is 435. The number of carbonyl (C=O) groups is 1. The molecule has 6 nitrogen and oxygen atoms in total. The molecule has 1 saturated heterocycles. The summed E-state index contributed by atoms with van der Waals surface area (Å²) < 4.78 is 16.3. The molecule has 1 aliphatic heterocycles. The molecule has 2 atom stereocenters. The van der Waals surface area contributed by atoms with Crippen LogP contribution in [-0.2, 0) is 20.8 Å². The van der Waals surface area contributed by atoms with Crippen LogP contribution in [0.1, 0.15) is 24.8 Å². The van der Waals surface area contributed by atoms with E-state index < -0.39 is 6.09 Å². The van der Waals surface area contributed by atoms with Gasteiger partial charge in [-0.2, -0.15) is 0 Å². The minimum atomic E-state index is -0.493. The second-order valence-electron chi connectivity index (χ2n) is 5.27. The van der Waals surface area contributed by atoms with Gasteiger partial charge in [-0.05, 0) is 24.8 Å². The molecular formula is C16H24N2O4. The highest BCUT2D eigenvalue weighted by atomic mass is 16.7. The van der Waals surface area contributed by atoms with Crippen LogP contribution < -0.4 is 11.1 Å². The van der Waals surface area contributed by atoms with Gasteiger partial charge in [0.2, 0.25) is 0 Å². The van der Waals surface area contributed by atoms with Crippen molar-refractivity contribution in [1.29, 1.82) is 0 Å². The Morgan fingerprint density at radius 2 is 2.18 bits per heavy atom. The molecule has 3 N–H and O–H groups in total. The zero-order chi connectivity index (χ0) is 15.6. The number of amides is 1. The van der Waals surface area contributed by atoms with E-state index in [2.05, 4.69) is 5.32 Å². The molecule has 6 heteroatoms. The van der Waals surface area contributed by atoms with Gasteiger partial charge >= 0.3 is 6.09 Å². The van der Waals surface area contributed by atoms with Gasteiger partial charge in [0.25, 0.3) is 0 Å². The van der Waals surface area contributed by atoms with Crippen LogP contribution in [0.5, 0.6) is 0 Å². The molecule has 0 spiro atoms. The molecule has 1 aromatic rings. The van der Waals surface area contributed by atoms with Gasteiger partial charge in [0, 0.05) is 13.2 Å². The molecule has 1 unspecified atom stereocenters. The van der Waals surface area contributed by atoms with Crippen LogP contribution in [-0.4, -0.2) is 38.2 Å². The zero-order valence-corrected chi connectivity index (χ0v) is 12.7. The second-order valence-corrected chi connectivity index (χ2v) is 5.27. The molecule has 0 radical (unpaired) electrons. The molecule has 1 fully saturated rings. The third-order valence-corrected chi connectivity index (χ3v) is 3.44.